The first-order valence-corrected chi connectivity index (χ1v) is 7.51. The number of hydrogen-bond acceptors (Lipinski definition) is 1. The van der Waals surface area contributed by atoms with Crippen LogP contribution in [0.4, 0.5) is 4.39 Å². The van der Waals surface area contributed by atoms with E-state index in [2.05, 4.69) is 28.1 Å². The van der Waals surface area contributed by atoms with Crippen LogP contribution in [0.15, 0.2) is 59.0 Å². The van der Waals surface area contributed by atoms with Crippen molar-refractivity contribution in [2.75, 3.05) is 0 Å². The molecule has 0 bridgehead atoms. The number of rotatable bonds is 4. The predicted octanol–water partition coefficient (Wildman–Crippen LogP) is 5.64. The molecule has 2 aromatic carbocycles. The summed E-state index contributed by atoms with van der Waals surface area (Å²) >= 11 is 3.69. The Morgan fingerprint density at radius 3 is 2.60 bits per heavy atom. The predicted molar refractivity (Wildman–Crippen MR) is 82.6 cm³/mol. The van der Waals surface area contributed by atoms with Crippen molar-refractivity contribution < 1.29 is 8.81 Å². The first kappa shape index (κ1) is 13.4. The van der Waals surface area contributed by atoms with Gasteiger partial charge in [0, 0.05) is 16.6 Å². The van der Waals surface area contributed by atoms with Gasteiger partial charge in [-0.3, -0.25) is 0 Å². The Hall–Kier alpha value is -1.61. The van der Waals surface area contributed by atoms with Crippen LogP contribution in [0.3, 0.4) is 0 Å². The fourth-order valence-electron chi connectivity index (χ4n) is 2.30. The van der Waals surface area contributed by atoms with Gasteiger partial charge >= 0.3 is 0 Å². The largest absolute Gasteiger partial charge is 0.458 e. The lowest BCUT2D eigenvalue weighted by atomic mass is 10.1. The van der Waals surface area contributed by atoms with Crippen molar-refractivity contribution in [3.63, 3.8) is 0 Å². The van der Waals surface area contributed by atoms with Crippen molar-refractivity contribution in [3.05, 3.63) is 71.7 Å². The SMILES string of the molecule is Fc1cccc2cc(CCC(Br)c3ccccc3)oc12. The molecule has 0 fully saturated rings. The molecule has 1 heterocycles. The summed E-state index contributed by atoms with van der Waals surface area (Å²) in [6, 6.07) is 17.2. The van der Waals surface area contributed by atoms with E-state index in [-0.39, 0.29) is 10.6 Å². The topological polar surface area (TPSA) is 13.1 Å². The summed E-state index contributed by atoms with van der Waals surface area (Å²) in [4.78, 5) is 0.279. The first-order valence-electron chi connectivity index (χ1n) is 6.60. The maximum absolute atomic E-state index is 13.6. The maximum atomic E-state index is 13.6. The van der Waals surface area contributed by atoms with Crippen LogP contribution in [-0.2, 0) is 6.42 Å². The van der Waals surface area contributed by atoms with Crippen molar-refractivity contribution in [2.24, 2.45) is 0 Å². The second kappa shape index (κ2) is 5.80. The van der Waals surface area contributed by atoms with E-state index in [1.807, 2.05) is 30.3 Å². The third-order valence-corrected chi connectivity index (χ3v) is 4.34. The standard InChI is InChI=1S/C17H14BrFO/c18-15(12-5-2-1-3-6-12)10-9-14-11-13-7-4-8-16(19)17(13)20-14/h1-8,11,15H,9-10H2. The Balaban J connectivity index is 1.72. The molecule has 102 valence electrons. The third kappa shape index (κ3) is 2.78. The van der Waals surface area contributed by atoms with Gasteiger partial charge in [0.1, 0.15) is 5.76 Å². The Morgan fingerprint density at radius 1 is 1.05 bits per heavy atom. The summed E-state index contributed by atoms with van der Waals surface area (Å²) in [5, 5.41) is 0.825. The van der Waals surface area contributed by atoms with Gasteiger partial charge in [0.15, 0.2) is 11.4 Å². The van der Waals surface area contributed by atoms with Gasteiger partial charge in [-0.05, 0) is 24.1 Å². The molecule has 1 unspecified atom stereocenters. The first-order chi connectivity index (χ1) is 9.74. The van der Waals surface area contributed by atoms with Crippen molar-refractivity contribution in [2.45, 2.75) is 17.7 Å². The Kier molecular flexibility index (Phi) is 3.88. The molecule has 0 aliphatic carbocycles. The van der Waals surface area contributed by atoms with Crippen LogP contribution in [0.1, 0.15) is 22.6 Å². The summed E-state index contributed by atoms with van der Waals surface area (Å²) in [5.74, 6) is 0.526. The molecule has 3 heteroatoms. The van der Waals surface area contributed by atoms with Crippen LogP contribution in [0, 0.1) is 5.82 Å². The fourth-order valence-corrected chi connectivity index (χ4v) is 2.84. The molecule has 0 radical (unpaired) electrons. The fraction of sp³-hybridized carbons (Fsp3) is 0.176. The number of fused-ring (bicyclic) bond motifs is 1. The second-order valence-corrected chi connectivity index (χ2v) is 5.89. The zero-order chi connectivity index (χ0) is 13.9. The molecule has 0 spiro atoms. The summed E-state index contributed by atoms with van der Waals surface area (Å²) in [5.41, 5.74) is 1.60. The molecule has 0 N–H and O–H groups in total. The van der Waals surface area contributed by atoms with E-state index in [0.29, 0.717) is 5.58 Å². The maximum Gasteiger partial charge on any atom is 0.169 e. The van der Waals surface area contributed by atoms with Gasteiger partial charge in [0.05, 0.1) is 0 Å². The molecule has 0 amide bonds. The van der Waals surface area contributed by atoms with Gasteiger partial charge < -0.3 is 4.42 Å². The van der Waals surface area contributed by atoms with Crippen LogP contribution >= 0.6 is 15.9 Å². The molecule has 0 saturated heterocycles. The summed E-state index contributed by atoms with van der Waals surface area (Å²) in [6.07, 6.45) is 1.68. The highest BCUT2D eigenvalue weighted by molar-refractivity contribution is 9.09. The second-order valence-electron chi connectivity index (χ2n) is 4.79. The Bertz CT molecular complexity index is 705. The lowest BCUT2D eigenvalue weighted by Gasteiger charge is -2.08. The van der Waals surface area contributed by atoms with Crippen molar-refractivity contribution in [3.8, 4) is 0 Å². The third-order valence-electron chi connectivity index (χ3n) is 3.35. The summed E-state index contributed by atoms with van der Waals surface area (Å²) in [6.45, 7) is 0. The minimum Gasteiger partial charge on any atom is -0.458 e. The number of para-hydroxylation sites is 1. The van der Waals surface area contributed by atoms with Gasteiger partial charge in [-0.2, -0.15) is 0 Å². The highest BCUT2D eigenvalue weighted by atomic mass is 79.9. The zero-order valence-corrected chi connectivity index (χ0v) is 12.4. The Morgan fingerprint density at radius 2 is 1.85 bits per heavy atom. The molecule has 0 saturated carbocycles. The van der Waals surface area contributed by atoms with E-state index in [1.165, 1.54) is 11.6 Å². The van der Waals surface area contributed by atoms with E-state index in [4.69, 9.17) is 4.42 Å². The van der Waals surface area contributed by atoms with Gasteiger partial charge in [0.25, 0.3) is 0 Å². The molecule has 3 aromatic rings. The van der Waals surface area contributed by atoms with Gasteiger partial charge in [-0.15, -0.1) is 0 Å². The highest BCUT2D eigenvalue weighted by Gasteiger charge is 2.11. The molecule has 1 nitrogen and oxygen atoms in total. The van der Waals surface area contributed by atoms with Crippen LogP contribution in [0.2, 0.25) is 0 Å². The molecule has 1 aromatic heterocycles. The smallest absolute Gasteiger partial charge is 0.169 e. The number of benzene rings is 2. The number of alkyl halides is 1. The van der Waals surface area contributed by atoms with Crippen LogP contribution < -0.4 is 0 Å². The number of furan rings is 1. The lowest BCUT2D eigenvalue weighted by molar-refractivity contribution is 0.512. The number of aryl methyl sites for hydroxylation is 1. The van der Waals surface area contributed by atoms with Gasteiger partial charge in [-0.25, -0.2) is 4.39 Å². The minimum atomic E-state index is -0.299. The molecule has 1 atom stereocenters. The molecular weight excluding hydrogens is 319 g/mol. The average molecular weight is 333 g/mol. The van der Waals surface area contributed by atoms with Crippen molar-refractivity contribution in [1.82, 2.24) is 0 Å². The van der Waals surface area contributed by atoms with Gasteiger partial charge in [-0.1, -0.05) is 58.4 Å². The molecule has 0 aliphatic rings. The van der Waals surface area contributed by atoms with Crippen LogP contribution in [0.25, 0.3) is 11.0 Å². The monoisotopic (exact) mass is 332 g/mol. The molecule has 20 heavy (non-hydrogen) atoms. The van der Waals surface area contributed by atoms with E-state index in [1.54, 1.807) is 6.07 Å². The average Bonchev–Trinajstić information content (AvgIpc) is 2.90. The van der Waals surface area contributed by atoms with E-state index in [0.717, 1.165) is 24.0 Å². The van der Waals surface area contributed by atoms with Crippen LogP contribution in [0.5, 0.6) is 0 Å². The summed E-state index contributed by atoms with van der Waals surface area (Å²) < 4.78 is 19.1. The normalized spacial score (nSPS) is 12.7. The van der Waals surface area contributed by atoms with Crippen LogP contribution in [-0.4, -0.2) is 0 Å². The van der Waals surface area contributed by atoms with Crippen molar-refractivity contribution >= 4 is 26.9 Å². The molecule has 3 rings (SSSR count). The number of hydrogen-bond donors (Lipinski definition) is 0. The van der Waals surface area contributed by atoms with E-state index < -0.39 is 0 Å². The minimum absolute atomic E-state index is 0.279. The zero-order valence-electron chi connectivity index (χ0n) is 10.9. The van der Waals surface area contributed by atoms with Crippen molar-refractivity contribution in [1.29, 1.82) is 0 Å². The Labute approximate surface area is 125 Å². The van der Waals surface area contributed by atoms with Gasteiger partial charge in [0.2, 0.25) is 0 Å². The quantitative estimate of drug-likeness (QED) is 0.563. The molecule has 0 aliphatic heterocycles. The lowest BCUT2D eigenvalue weighted by Crippen LogP contribution is -1.92. The summed E-state index contributed by atoms with van der Waals surface area (Å²) in [7, 11) is 0. The number of halogens is 2. The molecular formula is C17H14BrFO. The van der Waals surface area contributed by atoms with E-state index in [9.17, 15) is 4.39 Å². The van der Waals surface area contributed by atoms with E-state index >= 15 is 0 Å². The highest BCUT2D eigenvalue weighted by Crippen LogP contribution is 2.29.